The van der Waals surface area contributed by atoms with E-state index in [0.29, 0.717) is 0 Å². The van der Waals surface area contributed by atoms with Crippen LogP contribution >= 0.6 is 0 Å². The Morgan fingerprint density at radius 1 is 0.0105 bits per heavy atom. The zero-order chi connectivity index (χ0) is 0. The summed E-state index contributed by atoms with van der Waals surface area (Å²) in [7, 11) is 0. The standard InChI is InChI=1S/95V. The fraction of sp³-hybridized carbons (Fsp3) is 0. The molecule has 0 unspecified atom stereocenters. The molecule has 0 saturated heterocycles. The van der Waals surface area contributed by atoms with Gasteiger partial charge < -0.3 is 0 Å². The summed E-state index contributed by atoms with van der Waals surface area (Å²) in [6.45, 7) is 0. The molecule has 95 heteroatoms. The molecule has 0 nitrogen and oxygen atoms in total. The smallest absolute Gasteiger partial charge is 0 e. The fourth-order valence-corrected chi connectivity index (χ4v) is 0. The summed E-state index contributed by atoms with van der Waals surface area (Å²) >= 11 is 0. The van der Waals surface area contributed by atoms with Crippen molar-refractivity contribution in [2.75, 3.05) is 0 Å². The SMILES string of the molecule is [V].[V].[V].[V].[V].[V].[V].[V].[V].[V].[V].[V].[V].[V].[V].[V].[V].[V].[V].[V].[V].[V].[V].[V].[V].[V].[V].[V].[V].[V].[V].[V].[V].[V].[V].[V].[V].[V].[V].[V].[V].[V].[V].[V].[V].[V].[V].[V].[V].[V].[V].[V].[V].[V].[V].[V].[V].[V].[V].[V].[V].[V].[V].[V].[V].[V].[V].[V].[V].[V].[V].[V].[V].[V].[V].[V].[V].[V].[V].[V].[V].[V].[V].[V].[V].[V].[V].[V].[V].[V].[V].[V].[V].[V].[V]. The summed E-state index contributed by atoms with van der Waals surface area (Å²) in [6.07, 6.45) is 0. The molecule has 0 amide bonds. The molecule has 0 heterocycles. The second kappa shape index (κ2) is 1070. The Kier molecular flexibility index (Phi) is 12300. The summed E-state index contributed by atoms with van der Waals surface area (Å²) in [5, 5.41) is 0. The molecular weight excluding hydrogens is 4840 g/mol. The third-order valence-corrected chi connectivity index (χ3v) is 0. The van der Waals surface area contributed by atoms with E-state index in [4.69, 9.17) is 0 Å². The molecule has 0 aliphatic rings. The summed E-state index contributed by atoms with van der Waals surface area (Å²) in [4.78, 5) is 0. The van der Waals surface area contributed by atoms with E-state index in [1.165, 1.54) is 0 Å². The van der Waals surface area contributed by atoms with Crippen LogP contribution in [0, 0.1) is 0 Å². The van der Waals surface area contributed by atoms with Gasteiger partial charge in [0.25, 0.3) is 0 Å². The second-order valence-electron chi connectivity index (χ2n) is 0. The third-order valence-electron chi connectivity index (χ3n) is 0. The Balaban J connectivity index is 0. The van der Waals surface area contributed by atoms with Crippen LogP contribution in [-0.4, -0.2) is 0 Å². The average molecular weight is 4840 g/mol. The molecular formula is V95. The van der Waals surface area contributed by atoms with Gasteiger partial charge >= 0.3 is 0 Å². The van der Waals surface area contributed by atoms with Gasteiger partial charge in [0, 0.05) is 1760 Å². The molecule has 0 aliphatic heterocycles. The maximum absolute atomic E-state index is 0. The Morgan fingerprint density at radius 3 is 0.0105 bits per heavy atom. The van der Waals surface area contributed by atoms with Gasteiger partial charge in [-0.3, -0.25) is 0 Å². The molecule has 0 spiro atoms. The number of hydrogen-bond acceptors (Lipinski definition) is 0. The van der Waals surface area contributed by atoms with Gasteiger partial charge in [-0.15, -0.1) is 0 Å². The molecule has 0 aromatic rings. The van der Waals surface area contributed by atoms with Crippen molar-refractivity contribution in [1.82, 2.24) is 0 Å². The molecule has 0 N–H and O–H groups in total. The predicted molar refractivity (Wildman–Crippen MR) is 0 cm³/mol. The Labute approximate surface area is 1710 Å². The van der Waals surface area contributed by atoms with Gasteiger partial charge in [0.1, 0.15) is 0 Å². The van der Waals surface area contributed by atoms with Gasteiger partial charge in [0.15, 0.2) is 0 Å². The molecule has 0 rings (SSSR count). The molecule has 475 valence electrons. The summed E-state index contributed by atoms with van der Waals surface area (Å²) in [6, 6.07) is 0. The Morgan fingerprint density at radius 2 is 0.0105 bits per heavy atom. The first-order valence-electron chi connectivity index (χ1n) is 0. The molecule has 0 fully saturated rings. The molecule has 95 heavy (non-hydrogen) atoms. The summed E-state index contributed by atoms with van der Waals surface area (Å²) < 4.78 is 0. The molecule has 0 bridgehead atoms. The van der Waals surface area contributed by atoms with Crippen molar-refractivity contribution >= 4 is 0 Å². The van der Waals surface area contributed by atoms with Crippen LogP contribution < -0.4 is 0 Å². The van der Waals surface area contributed by atoms with Gasteiger partial charge in [-0.05, 0) is 0 Å². The normalized spacial score (nSPS) is 0. The average Bonchev–Trinajstić information content (AvgIpc) is 0. The quantitative estimate of drug-likeness (QED) is 0.315. The molecule has 95 radical (unpaired) electrons. The van der Waals surface area contributed by atoms with Gasteiger partial charge in [-0.2, -0.15) is 0 Å². The van der Waals surface area contributed by atoms with Crippen LogP contribution in [0.15, 0.2) is 0 Å². The van der Waals surface area contributed by atoms with Crippen LogP contribution in [-0.2, 0) is 1760 Å². The zero-order valence-electron chi connectivity index (χ0n) is 42.5. The van der Waals surface area contributed by atoms with Gasteiger partial charge in [0.05, 0.1) is 0 Å². The van der Waals surface area contributed by atoms with E-state index in [0.717, 1.165) is 0 Å². The van der Waals surface area contributed by atoms with Crippen LogP contribution in [0.5, 0.6) is 0 Å². The van der Waals surface area contributed by atoms with Crippen molar-refractivity contribution in [2.45, 2.75) is 0 Å². The van der Waals surface area contributed by atoms with Gasteiger partial charge in [-0.1, -0.05) is 0 Å². The Bertz CT molecular complexity index is 0. The van der Waals surface area contributed by atoms with E-state index in [1.807, 2.05) is 0 Å². The van der Waals surface area contributed by atoms with Crippen molar-refractivity contribution in [1.29, 1.82) is 0 Å². The topological polar surface area (TPSA) is 0 Å². The van der Waals surface area contributed by atoms with Crippen molar-refractivity contribution in [3.8, 4) is 0 Å². The maximum atomic E-state index is 0. The van der Waals surface area contributed by atoms with Crippen LogP contribution in [0.4, 0.5) is 0 Å². The van der Waals surface area contributed by atoms with Crippen LogP contribution in [0.3, 0.4) is 0 Å². The monoisotopic (exact) mass is 4840 g/mol. The predicted octanol–water partition coefficient (Wildman–Crippen LogP) is -0.238. The first kappa shape index (κ1) is 1090. The van der Waals surface area contributed by atoms with Gasteiger partial charge in [-0.25, -0.2) is 0 Å². The number of rotatable bonds is 0. The maximum Gasteiger partial charge on any atom is 0 e. The summed E-state index contributed by atoms with van der Waals surface area (Å²) in [5.74, 6) is 0. The second-order valence-corrected chi connectivity index (χ2v) is 0. The first-order chi connectivity index (χ1) is 0. The van der Waals surface area contributed by atoms with Gasteiger partial charge in [0.2, 0.25) is 0 Å². The van der Waals surface area contributed by atoms with Crippen LogP contribution in [0.2, 0.25) is 0 Å². The van der Waals surface area contributed by atoms with E-state index in [1.54, 1.807) is 0 Å². The minimum Gasteiger partial charge on any atom is 0 e. The molecule has 0 aromatic carbocycles. The summed E-state index contributed by atoms with van der Waals surface area (Å²) in [5.41, 5.74) is 0. The minimum absolute atomic E-state index is 0. The van der Waals surface area contributed by atoms with E-state index >= 15 is 0 Å². The number of hydrogen-bond donors (Lipinski definition) is 0. The minimum atomic E-state index is 0. The van der Waals surface area contributed by atoms with Crippen molar-refractivity contribution in [3.05, 3.63) is 0 Å². The van der Waals surface area contributed by atoms with E-state index in [9.17, 15) is 0 Å². The van der Waals surface area contributed by atoms with Crippen LogP contribution in [0.25, 0.3) is 0 Å². The molecule has 0 saturated carbocycles. The zero-order valence-corrected chi connectivity index (χ0v) is 175. The van der Waals surface area contributed by atoms with Crippen LogP contribution in [0.1, 0.15) is 0 Å². The Hall–Kier alpha value is 55.5. The van der Waals surface area contributed by atoms with E-state index < -0.39 is 0 Å². The van der Waals surface area contributed by atoms with Crippen molar-refractivity contribution in [2.24, 2.45) is 0 Å². The molecule has 0 aromatic heterocycles. The fourth-order valence-electron chi connectivity index (χ4n) is 0. The van der Waals surface area contributed by atoms with Crippen molar-refractivity contribution < 1.29 is 1760 Å². The van der Waals surface area contributed by atoms with E-state index in [2.05, 4.69) is 0 Å². The molecule has 0 aliphatic carbocycles. The third kappa shape index (κ3) is 1060. The van der Waals surface area contributed by atoms with Crippen molar-refractivity contribution in [3.63, 3.8) is 0 Å². The van der Waals surface area contributed by atoms with E-state index in [-0.39, 0.29) is 1760 Å². The molecule has 0 atom stereocenters. The largest absolute Gasteiger partial charge is 0 e. The first-order valence-corrected chi connectivity index (χ1v) is 0.